The predicted octanol–water partition coefficient (Wildman–Crippen LogP) is 2.05. The fourth-order valence-electron chi connectivity index (χ4n) is 1.73. The highest BCUT2D eigenvalue weighted by Gasteiger charge is 2.18. The van der Waals surface area contributed by atoms with E-state index < -0.39 is 4.92 Å². The summed E-state index contributed by atoms with van der Waals surface area (Å²) in [6, 6.07) is 4.80. The van der Waals surface area contributed by atoms with E-state index >= 15 is 0 Å². The normalized spacial score (nSPS) is 15.8. The number of hydrogen-bond donors (Lipinski definition) is 0. The van der Waals surface area contributed by atoms with Gasteiger partial charge in [0.05, 0.1) is 24.7 Å². The Morgan fingerprint density at radius 2 is 2.17 bits per heavy atom. The molecule has 2 rings (SSSR count). The second-order valence-corrected chi connectivity index (χ2v) is 4.04. The van der Waals surface area contributed by atoms with Crippen molar-refractivity contribution < 1.29 is 19.1 Å². The van der Waals surface area contributed by atoms with Crippen LogP contribution in [-0.2, 0) is 9.47 Å². The Morgan fingerprint density at radius 1 is 1.44 bits per heavy atom. The monoisotopic (exact) mass is 253 g/mol. The summed E-state index contributed by atoms with van der Waals surface area (Å²) in [5, 5.41) is 10.8. The van der Waals surface area contributed by atoms with E-state index in [9.17, 15) is 10.1 Å². The fraction of sp³-hybridized carbons (Fsp3) is 0.500. The molecule has 98 valence electrons. The molecular weight excluding hydrogens is 238 g/mol. The lowest BCUT2D eigenvalue weighted by molar-refractivity contribution is -0.385. The van der Waals surface area contributed by atoms with Crippen LogP contribution in [0.25, 0.3) is 0 Å². The first-order chi connectivity index (χ1) is 8.66. The molecule has 0 aliphatic carbocycles. The number of nitro groups is 1. The second kappa shape index (κ2) is 5.79. The van der Waals surface area contributed by atoms with Crippen LogP contribution in [-0.4, -0.2) is 31.0 Å². The van der Waals surface area contributed by atoms with Crippen LogP contribution in [0.2, 0.25) is 0 Å². The van der Waals surface area contributed by atoms with E-state index in [4.69, 9.17) is 14.2 Å². The third-order valence-corrected chi connectivity index (χ3v) is 2.61. The molecule has 0 saturated carbocycles. The SMILES string of the molecule is Cc1ccc([N+](=O)[O-])c(OCCC2OCCO2)c1. The van der Waals surface area contributed by atoms with E-state index in [1.54, 1.807) is 12.1 Å². The smallest absolute Gasteiger partial charge is 0.310 e. The van der Waals surface area contributed by atoms with Crippen molar-refractivity contribution in [3.63, 3.8) is 0 Å². The van der Waals surface area contributed by atoms with Gasteiger partial charge in [-0.05, 0) is 18.6 Å². The maximum Gasteiger partial charge on any atom is 0.310 e. The number of benzene rings is 1. The van der Waals surface area contributed by atoms with Crippen LogP contribution in [0.4, 0.5) is 5.69 Å². The zero-order valence-electron chi connectivity index (χ0n) is 10.1. The highest BCUT2D eigenvalue weighted by atomic mass is 16.7. The van der Waals surface area contributed by atoms with E-state index in [-0.39, 0.29) is 17.7 Å². The molecular formula is C12H15NO5. The molecule has 0 atom stereocenters. The highest BCUT2D eigenvalue weighted by molar-refractivity contribution is 5.48. The van der Waals surface area contributed by atoms with Crippen LogP contribution in [0.3, 0.4) is 0 Å². The van der Waals surface area contributed by atoms with Crippen molar-refractivity contribution in [2.45, 2.75) is 19.6 Å². The Labute approximate surface area is 105 Å². The number of rotatable bonds is 5. The first-order valence-corrected chi connectivity index (χ1v) is 5.78. The van der Waals surface area contributed by atoms with E-state index in [0.29, 0.717) is 26.2 Å². The minimum atomic E-state index is -0.447. The van der Waals surface area contributed by atoms with Gasteiger partial charge in [-0.3, -0.25) is 10.1 Å². The lowest BCUT2D eigenvalue weighted by Crippen LogP contribution is -2.13. The Morgan fingerprint density at radius 3 is 2.83 bits per heavy atom. The van der Waals surface area contributed by atoms with Crippen molar-refractivity contribution in [1.82, 2.24) is 0 Å². The molecule has 0 radical (unpaired) electrons. The van der Waals surface area contributed by atoms with Gasteiger partial charge in [0.15, 0.2) is 12.0 Å². The largest absolute Gasteiger partial charge is 0.487 e. The van der Waals surface area contributed by atoms with E-state index in [2.05, 4.69) is 0 Å². The average Bonchev–Trinajstić information content (AvgIpc) is 2.82. The van der Waals surface area contributed by atoms with E-state index in [0.717, 1.165) is 5.56 Å². The lowest BCUT2D eigenvalue weighted by Gasteiger charge is -2.10. The number of aryl methyl sites for hydroxylation is 1. The van der Waals surface area contributed by atoms with Gasteiger partial charge in [0.25, 0.3) is 0 Å². The summed E-state index contributed by atoms with van der Waals surface area (Å²) in [5.74, 6) is 0.290. The van der Waals surface area contributed by atoms with Gasteiger partial charge in [0, 0.05) is 12.5 Å². The van der Waals surface area contributed by atoms with Crippen molar-refractivity contribution in [2.24, 2.45) is 0 Å². The molecule has 1 aromatic rings. The summed E-state index contributed by atoms with van der Waals surface area (Å²) in [6.45, 7) is 3.37. The number of nitrogens with zero attached hydrogens (tertiary/aromatic N) is 1. The quantitative estimate of drug-likeness (QED) is 0.593. The van der Waals surface area contributed by atoms with Gasteiger partial charge in [-0.25, -0.2) is 0 Å². The number of hydrogen-bond acceptors (Lipinski definition) is 5. The second-order valence-electron chi connectivity index (χ2n) is 4.04. The molecule has 6 nitrogen and oxygen atoms in total. The summed E-state index contributed by atoms with van der Waals surface area (Å²) < 4.78 is 16.0. The maximum absolute atomic E-state index is 10.8. The van der Waals surface area contributed by atoms with Gasteiger partial charge in [0.1, 0.15) is 0 Å². The van der Waals surface area contributed by atoms with Crippen molar-refractivity contribution in [3.8, 4) is 5.75 Å². The van der Waals surface area contributed by atoms with Crippen molar-refractivity contribution >= 4 is 5.69 Å². The fourth-order valence-corrected chi connectivity index (χ4v) is 1.73. The van der Waals surface area contributed by atoms with Crippen LogP contribution >= 0.6 is 0 Å². The number of nitro benzene ring substituents is 1. The van der Waals surface area contributed by atoms with E-state index in [1.165, 1.54) is 6.07 Å². The summed E-state index contributed by atoms with van der Waals surface area (Å²) >= 11 is 0. The van der Waals surface area contributed by atoms with Gasteiger partial charge in [0.2, 0.25) is 0 Å². The molecule has 0 spiro atoms. The topological polar surface area (TPSA) is 70.8 Å². The average molecular weight is 253 g/mol. The molecule has 1 fully saturated rings. The van der Waals surface area contributed by atoms with Gasteiger partial charge in [-0.15, -0.1) is 0 Å². The molecule has 0 amide bonds. The number of ether oxygens (including phenoxy) is 3. The molecule has 18 heavy (non-hydrogen) atoms. The summed E-state index contributed by atoms with van der Waals surface area (Å²) in [6.07, 6.45) is 0.305. The first-order valence-electron chi connectivity index (χ1n) is 5.78. The van der Waals surface area contributed by atoms with Crippen LogP contribution in [0, 0.1) is 17.0 Å². The Kier molecular flexibility index (Phi) is 4.11. The zero-order valence-corrected chi connectivity index (χ0v) is 10.1. The van der Waals surface area contributed by atoms with Crippen molar-refractivity contribution in [2.75, 3.05) is 19.8 Å². The third-order valence-electron chi connectivity index (χ3n) is 2.61. The molecule has 0 aromatic heterocycles. The standard InChI is InChI=1S/C12H15NO5/c1-9-2-3-10(13(14)15)11(8-9)16-5-4-12-17-6-7-18-12/h2-3,8,12H,4-7H2,1H3. The zero-order chi connectivity index (χ0) is 13.0. The van der Waals surface area contributed by atoms with Crippen molar-refractivity contribution in [1.29, 1.82) is 0 Å². The van der Waals surface area contributed by atoms with Crippen LogP contribution in [0.15, 0.2) is 18.2 Å². The minimum Gasteiger partial charge on any atom is -0.487 e. The minimum absolute atomic E-state index is 0.0196. The first kappa shape index (κ1) is 12.8. The van der Waals surface area contributed by atoms with Crippen LogP contribution < -0.4 is 4.74 Å². The van der Waals surface area contributed by atoms with Crippen molar-refractivity contribution in [3.05, 3.63) is 33.9 Å². The summed E-state index contributed by atoms with van der Waals surface area (Å²) in [5.41, 5.74) is 0.901. The molecule has 0 N–H and O–H groups in total. The molecule has 0 unspecified atom stereocenters. The summed E-state index contributed by atoms with van der Waals surface area (Å²) in [7, 11) is 0. The van der Waals surface area contributed by atoms with Gasteiger partial charge in [-0.1, -0.05) is 6.07 Å². The molecule has 1 heterocycles. The lowest BCUT2D eigenvalue weighted by atomic mass is 10.2. The van der Waals surface area contributed by atoms with Gasteiger partial charge < -0.3 is 14.2 Å². The Bertz CT molecular complexity index is 428. The van der Waals surface area contributed by atoms with Gasteiger partial charge in [-0.2, -0.15) is 0 Å². The van der Waals surface area contributed by atoms with E-state index in [1.807, 2.05) is 6.92 Å². The Hall–Kier alpha value is -1.66. The molecule has 1 aliphatic heterocycles. The Balaban J connectivity index is 1.94. The summed E-state index contributed by atoms with van der Waals surface area (Å²) in [4.78, 5) is 10.4. The maximum atomic E-state index is 10.8. The highest BCUT2D eigenvalue weighted by Crippen LogP contribution is 2.28. The molecule has 6 heteroatoms. The molecule has 1 saturated heterocycles. The van der Waals surface area contributed by atoms with Crippen LogP contribution in [0.1, 0.15) is 12.0 Å². The van der Waals surface area contributed by atoms with Gasteiger partial charge >= 0.3 is 5.69 Å². The molecule has 1 aromatic carbocycles. The van der Waals surface area contributed by atoms with Crippen LogP contribution in [0.5, 0.6) is 5.75 Å². The predicted molar refractivity (Wildman–Crippen MR) is 63.6 cm³/mol. The molecule has 0 bridgehead atoms. The third kappa shape index (κ3) is 3.18. The molecule has 1 aliphatic rings.